The second-order valence-electron chi connectivity index (χ2n) is 22.6. The number of nitro groups is 1. The molecule has 2 aromatic carbocycles. The number of nitrogens with two attached hydrogens (primary N) is 1. The highest BCUT2D eigenvalue weighted by atomic mass is 16.7. The van der Waals surface area contributed by atoms with Crippen molar-refractivity contribution >= 4 is 12.0 Å². The highest BCUT2D eigenvalue weighted by Gasteiger charge is 2.58. The molecule has 384 valence electrons. The topological polar surface area (TPSA) is 218 Å². The largest absolute Gasteiger partial charge is 0.454 e. The molecule has 0 amide bonds. The number of aliphatic hydroxyl groups is 5. The maximum atomic E-state index is 10.9. The van der Waals surface area contributed by atoms with E-state index in [1.807, 2.05) is 12.1 Å². The summed E-state index contributed by atoms with van der Waals surface area (Å²) in [6, 6.07) is 11.9. The van der Waals surface area contributed by atoms with Crippen LogP contribution >= 0.6 is 0 Å². The van der Waals surface area contributed by atoms with Gasteiger partial charge in [-0.15, -0.1) is 0 Å². The smallest absolute Gasteiger partial charge is 0.269 e. The van der Waals surface area contributed by atoms with Crippen molar-refractivity contribution in [1.82, 2.24) is 5.32 Å². The third-order valence-corrected chi connectivity index (χ3v) is 19.6. The van der Waals surface area contributed by atoms with Gasteiger partial charge in [0.25, 0.3) is 5.69 Å². The molecule has 9 rings (SSSR count). The second kappa shape index (κ2) is 23.2. The molecule has 8 N–H and O–H groups in total. The summed E-state index contributed by atoms with van der Waals surface area (Å²) in [5.74, 6) is 5.01. The minimum Gasteiger partial charge on any atom is -0.454 e. The Bertz CT molecular complexity index is 2070. The van der Waals surface area contributed by atoms with Gasteiger partial charge in [0.1, 0.15) is 6.29 Å². The standard InChI is InChI=1S/C27H40N2O4.C20H35NO2.C8H6O3.CH4O/c1-18-4-9-24-23(16-28-15-19-5-7-21(8-6-19)29(32)33)25(11-13-26(18,24)2)27(3)12-10-22(31)14-20(27)17-30;1-13-4-5-17-16(11-21)18(7-9-19(13,17)2)20(3)8-6-15(23)10-14(20)12-22;9-4-6-1-2-7-8(3-6)11-5-10-7;1-2/h5-8,20,22-25,28,30-31H,1,4,9-17H2,2-3H3;14-18,22-23H,1,4-12,21H2,2-3H3;1-4H,5H2;2H,1H3/t20-,22+,23+,24+,25+,26-,27+;14-,15+,16+,17+,18+,19-,20+;;/m11../s1. The average molecular weight is 960 g/mol. The fraction of sp³-hybridized carbons (Fsp3) is 0.696. The lowest BCUT2D eigenvalue weighted by Gasteiger charge is -2.56. The van der Waals surface area contributed by atoms with Crippen molar-refractivity contribution < 1.29 is 44.7 Å². The second-order valence-corrected chi connectivity index (χ2v) is 22.6. The number of ether oxygens (including phenoxy) is 2. The summed E-state index contributed by atoms with van der Waals surface area (Å²) >= 11 is 0. The number of hydrogen-bond donors (Lipinski definition) is 7. The number of benzene rings is 2. The minimum atomic E-state index is -0.364. The molecular formula is C56H85N3O10. The first-order chi connectivity index (χ1) is 32.9. The summed E-state index contributed by atoms with van der Waals surface area (Å²) in [4.78, 5) is 20.9. The van der Waals surface area contributed by atoms with Crippen LogP contribution in [0.2, 0.25) is 0 Å². The molecule has 0 spiro atoms. The number of aldehydes is 1. The summed E-state index contributed by atoms with van der Waals surface area (Å²) in [6.45, 7) is 21.2. The van der Waals surface area contributed by atoms with Crippen molar-refractivity contribution in [3.63, 3.8) is 0 Å². The highest BCUT2D eigenvalue weighted by molar-refractivity contribution is 5.76. The van der Waals surface area contributed by atoms with E-state index in [0.29, 0.717) is 65.5 Å². The number of rotatable bonds is 11. The maximum absolute atomic E-state index is 10.9. The number of carbonyl (C=O) groups is 1. The quantitative estimate of drug-likeness (QED) is 0.0487. The van der Waals surface area contributed by atoms with Crippen molar-refractivity contribution in [3.8, 4) is 11.5 Å². The molecule has 14 atom stereocenters. The van der Waals surface area contributed by atoms with Crippen LogP contribution in [0.5, 0.6) is 11.5 Å². The molecule has 6 saturated carbocycles. The molecule has 69 heavy (non-hydrogen) atoms. The van der Waals surface area contributed by atoms with Crippen LogP contribution < -0.4 is 20.5 Å². The van der Waals surface area contributed by atoms with Gasteiger partial charge in [-0.2, -0.15) is 0 Å². The van der Waals surface area contributed by atoms with Crippen LogP contribution in [0.3, 0.4) is 0 Å². The number of non-ortho nitro benzene ring substituents is 1. The Morgan fingerprint density at radius 1 is 0.739 bits per heavy atom. The van der Waals surface area contributed by atoms with Crippen LogP contribution in [0.4, 0.5) is 5.69 Å². The van der Waals surface area contributed by atoms with Crippen LogP contribution in [-0.4, -0.2) is 89.2 Å². The van der Waals surface area contributed by atoms with Gasteiger partial charge in [-0.3, -0.25) is 14.9 Å². The summed E-state index contributed by atoms with van der Waals surface area (Å²) in [5, 5.41) is 62.1. The molecule has 7 aliphatic rings. The van der Waals surface area contributed by atoms with Crippen molar-refractivity contribution in [1.29, 1.82) is 0 Å². The Hall–Kier alpha value is -3.69. The average Bonchev–Trinajstić information content (AvgIpc) is 4.05. The SMILES string of the molecule is C=C1CC[C@H]2[C@H](CN)[C@@H]([C@@]3(C)CC[C@H](O)C[C@@H]3CO)CC[C@]12C.C=C1CC[C@H]2[C@H](CNCc3ccc([N+](=O)[O-])cc3)[C@@H]([C@@]3(C)CC[C@H](O)C[C@@H]3CO)CC[C@]12C.CO.O=Cc1ccc2c(c1)OCO2. The molecule has 6 fully saturated rings. The lowest BCUT2D eigenvalue weighted by Crippen LogP contribution is -2.53. The summed E-state index contributed by atoms with van der Waals surface area (Å²) in [5.41, 5.74) is 11.5. The predicted octanol–water partition coefficient (Wildman–Crippen LogP) is 8.78. The van der Waals surface area contributed by atoms with Gasteiger partial charge in [-0.05, 0) is 196 Å². The van der Waals surface area contributed by atoms with E-state index in [4.69, 9.17) is 20.3 Å². The van der Waals surface area contributed by atoms with Crippen molar-refractivity contribution in [2.75, 3.05) is 40.2 Å². The number of carbonyl (C=O) groups excluding carboxylic acids is 1. The van der Waals surface area contributed by atoms with Gasteiger partial charge in [0.05, 0.1) is 17.1 Å². The molecular weight excluding hydrogens is 875 g/mol. The lowest BCUT2D eigenvalue weighted by atomic mass is 9.49. The van der Waals surface area contributed by atoms with Gasteiger partial charge in [-0.1, -0.05) is 64.1 Å². The molecule has 1 aliphatic heterocycles. The van der Waals surface area contributed by atoms with Crippen LogP contribution in [0.25, 0.3) is 0 Å². The van der Waals surface area contributed by atoms with Crippen molar-refractivity contribution in [2.45, 2.75) is 136 Å². The zero-order valence-electron chi connectivity index (χ0n) is 42.3. The normalized spacial score (nSPS) is 37.7. The number of fused-ring (bicyclic) bond motifs is 3. The fourth-order valence-corrected chi connectivity index (χ4v) is 15.1. The van der Waals surface area contributed by atoms with Crippen LogP contribution in [-0.2, 0) is 6.54 Å². The van der Waals surface area contributed by atoms with E-state index in [9.17, 15) is 35.3 Å². The Kier molecular flexibility index (Phi) is 18.4. The van der Waals surface area contributed by atoms with Crippen molar-refractivity contribution in [3.05, 3.63) is 88.0 Å². The zero-order valence-corrected chi connectivity index (χ0v) is 42.3. The first-order valence-electron chi connectivity index (χ1n) is 25.8. The fourth-order valence-electron chi connectivity index (χ4n) is 15.1. The lowest BCUT2D eigenvalue weighted by molar-refractivity contribution is -0.384. The molecule has 13 nitrogen and oxygen atoms in total. The Morgan fingerprint density at radius 3 is 1.74 bits per heavy atom. The number of nitro benzene ring substituents is 1. The van der Waals surface area contributed by atoms with Crippen LogP contribution in [0.1, 0.15) is 134 Å². The number of nitrogens with one attached hydrogen (secondary N) is 1. The summed E-state index contributed by atoms with van der Waals surface area (Å²) in [7, 11) is 1.00. The van der Waals surface area contributed by atoms with E-state index < -0.39 is 0 Å². The monoisotopic (exact) mass is 960 g/mol. The number of hydrogen-bond acceptors (Lipinski definition) is 12. The van der Waals surface area contributed by atoms with Gasteiger partial charge < -0.3 is 46.1 Å². The Morgan fingerprint density at radius 2 is 1.25 bits per heavy atom. The zero-order chi connectivity index (χ0) is 50.3. The van der Waals surface area contributed by atoms with Gasteiger partial charge in [-0.25, -0.2) is 0 Å². The first kappa shape index (κ1) is 54.6. The van der Waals surface area contributed by atoms with E-state index in [-0.39, 0.29) is 76.3 Å². The number of nitrogens with zero attached hydrogens (tertiary/aromatic N) is 1. The predicted molar refractivity (Wildman–Crippen MR) is 269 cm³/mol. The van der Waals surface area contributed by atoms with Crippen LogP contribution in [0.15, 0.2) is 66.8 Å². The summed E-state index contributed by atoms with van der Waals surface area (Å²) < 4.78 is 10.1. The molecule has 0 radical (unpaired) electrons. The third-order valence-electron chi connectivity index (χ3n) is 19.6. The molecule has 1 heterocycles. The molecule has 0 aromatic heterocycles. The van der Waals surface area contributed by atoms with Crippen LogP contribution in [0, 0.1) is 79.1 Å². The van der Waals surface area contributed by atoms with E-state index in [1.54, 1.807) is 30.3 Å². The molecule has 6 aliphatic carbocycles. The van der Waals surface area contributed by atoms with Gasteiger partial charge in [0.15, 0.2) is 11.5 Å². The number of aliphatic hydroxyl groups excluding tert-OH is 5. The summed E-state index contributed by atoms with van der Waals surface area (Å²) in [6.07, 6.45) is 14.7. The van der Waals surface area contributed by atoms with Gasteiger partial charge in [0, 0.05) is 44.6 Å². The molecule has 0 saturated heterocycles. The van der Waals surface area contributed by atoms with Gasteiger partial charge >= 0.3 is 0 Å². The molecule has 0 bridgehead atoms. The molecule has 0 unspecified atom stereocenters. The van der Waals surface area contributed by atoms with E-state index in [2.05, 4.69) is 46.2 Å². The Labute approximate surface area is 411 Å². The van der Waals surface area contributed by atoms with E-state index in [1.165, 1.54) is 36.8 Å². The van der Waals surface area contributed by atoms with Crippen molar-refractivity contribution in [2.24, 2.45) is 74.7 Å². The Balaban J connectivity index is 0.000000187. The highest BCUT2D eigenvalue weighted by Crippen LogP contribution is 2.65. The molecule has 13 heteroatoms. The maximum Gasteiger partial charge on any atom is 0.269 e. The minimum absolute atomic E-state index is 0.0267. The van der Waals surface area contributed by atoms with E-state index >= 15 is 0 Å². The van der Waals surface area contributed by atoms with Gasteiger partial charge in [0.2, 0.25) is 6.79 Å². The van der Waals surface area contributed by atoms with E-state index in [0.717, 1.165) is 89.8 Å². The third kappa shape index (κ3) is 11.2. The first-order valence-corrected chi connectivity index (χ1v) is 25.8. The number of allylic oxidation sites excluding steroid dienone is 2. The molecule has 2 aromatic rings.